The van der Waals surface area contributed by atoms with Gasteiger partial charge < -0.3 is 19.3 Å². The molecule has 0 bridgehead atoms. The molecule has 0 aliphatic carbocycles. The van der Waals surface area contributed by atoms with Crippen LogP contribution in [0.1, 0.15) is 55.4 Å². The summed E-state index contributed by atoms with van der Waals surface area (Å²) < 4.78 is 16.5. The van der Waals surface area contributed by atoms with E-state index in [-0.39, 0.29) is 6.61 Å². The molecule has 9 heteroatoms. The van der Waals surface area contributed by atoms with Gasteiger partial charge in [0, 0.05) is 6.08 Å². The summed E-state index contributed by atoms with van der Waals surface area (Å²) >= 11 is 0. The van der Waals surface area contributed by atoms with Crippen LogP contribution in [-0.2, 0) is 19.0 Å². The van der Waals surface area contributed by atoms with Crippen molar-refractivity contribution in [3.63, 3.8) is 0 Å². The van der Waals surface area contributed by atoms with Crippen LogP contribution in [0.2, 0.25) is 0 Å². The minimum atomic E-state index is -1.29. The number of rotatable bonds is 2. The van der Waals surface area contributed by atoms with E-state index in [1.807, 2.05) is 0 Å². The maximum atomic E-state index is 12.8. The van der Waals surface area contributed by atoms with Gasteiger partial charge in [0.25, 0.3) is 5.91 Å². The van der Waals surface area contributed by atoms with E-state index in [1.165, 1.54) is 17.1 Å². The summed E-state index contributed by atoms with van der Waals surface area (Å²) in [7, 11) is 0. The molecule has 0 saturated carbocycles. The van der Waals surface area contributed by atoms with Crippen molar-refractivity contribution in [3.05, 3.63) is 12.2 Å². The molecule has 1 saturated heterocycles. The van der Waals surface area contributed by atoms with E-state index in [9.17, 15) is 19.5 Å². The Hall–Kier alpha value is -2.13. The average Bonchev–Trinajstić information content (AvgIpc) is 3.02. The van der Waals surface area contributed by atoms with Crippen molar-refractivity contribution >= 4 is 18.1 Å². The fourth-order valence-corrected chi connectivity index (χ4v) is 3.26. The Morgan fingerprint density at radius 1 is 1.14 bits per heavy atom. The third-order valence-electron chi connectivity index (χ3n) is 4.42. The first-order valence-corrected chi connectivity index (χ1v) is 9.62. The van der Waals surface area contributed by atoms with Gasteiger partial charge in [-0.15, -0.1) is 0 Å². The molecule has 0 unspecified atom stereocenters. The Labute approximate surface area is 171 Å². The van der Waals surface area contributed by atoms with E-state index in [0.29, 0.717) is 0 Å². The lowest BCUT2D eigenvalue weighted by Gasteiger charge is -2.38. The molecule has 164 valence electrons. The van der Waals surface area contributed by atoms with Gasteiger partial charge in [0.1, 0.15) is 23.0 Å². The minimum Gasteiger partial charge on any atom is -0.444 e. The second kappa shape index (κ2) is 7.60. The van der Waals surface area contributed by atoms with Gasteiger partial charge in [-0.25, -0.2) is 14.5 Å². The molecule has 2 rings (SSSR count). The Morgan fingerprint density at radius 2 is 1.66 bits per heavy atom. The van der Waals surface area contributed by atoms with Gasteiger partial charge in [0.15, 0.2) is 0 Å². The average molecular weight is 412 g/mol. The van der Waals surface area contributed by atoms with Crippen LogP contribution in [0.15, 0.2) is 12.2 Å². The van der Waals surface area contributed by atoms with E-state index < -0.39 is 53.2 Å². The molecule has 0 aromatic heterocycles. The van der Waals surface area contributed by atoms with E-state index in [2.05, 4.69) is 0 Å². The standard InChI is InChI=1S/C20H32N2O7/c1-18(2,3)28-16(25)21-12(9-10-14(21)23)15(24)13-11-27-20(7,8)22(13)17(26)29-19(4,5)6/h9-10,12-13,15,24H,11H2,1-8H3/t12-,13+,15-/m1/s1. The second-order valence-electron chi connectivity index (χ2n) is 9.70. The molecule has 0 aromatic carbocycles. The molecule has 2 heterocycles. The van der Waals surface area contributed by atoms with Crippen LogP contribution in [-0.4, -0.2) is 74.7 Å². The van der Waals surface area contributed by atoms with Gasteiger partial charge >= 0.3 is 12.2 Å². The van der Waals surface area contributed by atoms with E-state index in [1.54, 1.807) is 55.4 Å². The summed E-state index contributed by atoms with van der Waals surface area (Å²) in [6.07, 6.45) is -0.175. The van der Waals surface area contributed by atoms with E-state index in [0.717, 1.165) is 4.90 Å². The normalized spacial score (nSPS) is 25.3. The Bertz CT molecular complexity index is 703. The minimum absolute atomic E-state index is 0.0219. The molecule has 2 aliphatic heterocycles. The van der Waals surface area contributed by atoms with Gasteiger partial charge in [-0.3, -0.25) is 9.69 Å². The Kier molecular flexibility index (Phi) is 6.07. The first-order valence-electron chi connectivity index (χ1n) is 9.62. The topological polar surface area (TPSA) is 106 Å². The third-order valence-corrected chi connectivity index (χ3v) is 4.42. The Balaban J connectivity index is 2.27. The first kappa shape index (κ1) is 23.2. The van der Waals surface area contributed by atoms with Gasteiger partial charge in [-0.1, -0.05) is 6.08 Å². The molecule has 2 aliphatic rings. The van der Waals surface area contributed by atoms with Crippen molar-refractivity contribution in [2.75, 3.05) is 6.61 Å². The summed E-state index contributed by atoms with van der Waals surface area (Å²) in [6.45, 7) is 13.7. The molecule has 1 fully saturated rings. The van der Waals surface area contributed by atoms with Crippen molar-refractivity contribution in [1.82, 2.24) is 9.80 Å². The summed E-state index contributed by atoms with van der Waals surface area (Å²) in [4.78, 5) is 39.7. The molecule has 3 atom stereocenters. The maximum absolute atomic E-state index is 12.8. The van der Waals surface area contributed by atoms with Crippen molar-refractivity contribution < 1.29 is 33.7 Å². The number of nitrogens with zero attached hydrogens (tertiary/aromatic N) is 2. The van der Waals surface area contributed by atoms with Crippen LogP contribution in [0.3, 0.4) is 0 Å². The highest BCUT2D eigenvalue weighted by molar-refractivity contribution is 6.01. The van der Waals surface area contributed by atoms with Crippen LogP contribution in [0.25, 0.3) is 0 Å². The summed E-state index contributed by atoms with van der Waals surface area (Å²) in [5.74, 6) is -0.592. The van der Waals surface area contributed by atoms with Crippen LogP contribution >= 0.6 is 0 Å². The number of amides is 3. The zero-order chi connectivity index (χ0) is 22.4. The van der Waals surface area contributed by atoms with Crippen LogP contribution in [0.5, 0.6) is 0 Å². The highest BCUT2D eigenvalue weighted by Gasteiger charge is 2.52. The molecule has 0 spiro atoms. The van der Waals surface area contributed by atoms with Crippen LogP contribution in [0, 0.1) is 0 Å². The Morgan fingerprint density at radius 3 is 2.17 bits per heavy atom. The van der Waals surface area contributed by atoms with Crippen molar-refractivity contribution in [2.45, 2.75) is 90.5 Å². The van der Waals surface area contributed by atoms with Gasteiger partial charge in [0.05, 0.1) is 18.7 Å². The summed E-state index contributed by atoms with van der Waals surface area (Å²) in [5, 5.41) is 11.1. The van der Waals surface area contributed by atoms with Gasteiger partial charge in [-0.2, -0.15) is 0 Å². The highest BCUT2D eigenvalue weighted by atomic mass is 16.6. The molecule has 3 amide bonds. The lowest BCUT2D eigenvalue weighted by atomic mass is 10.0. The highest BCUT2D eigenvalue weighted by Crippen LogP contribution is 2.33. The smallest absolute Gasteiger partial charge is 0.417 e. The van der Waals surface area contributed by atoms with Crippen molar-refractivity contribution in [1.29, 1.82) is 0 Å². The predicted octanol–water partition coefficient (Wildman–Crippen LogP) is 2.42. The fourth-order valence-electron chi connectivity index (χ4n) is 3.26. The maximum Gasteiger partial charge on any atom is 0.417 e. The molecular formula is C20H32N2O7. The SMILES string of the molecule is CC(C)(C)OC(=O)N1C(=O)C=C[C@@H]1[C@@H](O)[C@@H]1COC(C)(C)N1C(=O)OC(C)(C)C. The van der Waals surface area contributed by atoms with Crippen molar-refractivity contribution in [3.8, 4) is 0 Å². The largest absolute Gasteiger partial charge is 0.444 e. The molecule has 9 nitrogen and oxygen atoms in total. The van der Waals surface area contributed by atoms with E-state index >= 15 is 0 Å². The number of hydrogen-bond donors (Lipinski definition) is 1. The van der Waals surface area contributed by atoms with Crippen LogP contribution in [0.4, 0.5) is 9.59 Å². The number of ether oxygens (including phenoxy) is 3. The molecular weight excluding hydrogens is 380 g/mol. The zero-order valence-electron chi connectivity index (χ0n) is 18.4. The van der Waals surface area contributed by atoms with Crippen LogP contribution < -0.4 is 0 Å². The number of aliphatic hydroxyl groups is 1. The summed E-state index contributed by atoms with van der Waals surface area (Å²) in [5.41, 5.74) is -2.58. The zero-order valence-corrected chi connectivity index (χ0v) is 18.4. The fraction of sp³-hybridized carbons (Fsp3) is 0.750. The number of aliphatic hydroxyl groups excluding tert-OH is 1. The second-order valence-corrected chi connectivity index (χ2v) is 9.70. The number of imide groups is 1. The van der Waals surface area contributed by atoms with E-state index in [4.69, 9.17) is 14.2 Å². The monoisotopic (exact) mass is 412 g/mol. The molecule has 0 radical (unpaired) electrons. The first-order chi connectivity index (χ1) is 13.0. The van der Waals surface area contributed by atoms with Gasteiger partial charge in [0.2, 0.25) is 0 Å². The lowest BCUT2D eigenvalue weighted by molar-refractivity contribution is -0.127. The summed E-state index contributed by atoms with van der Waals surface area (Å²) in [6, 6.07) is -1.82. The molecule has 29 heavy (non-hydrogen) atoms. The number of carbonyl (C=O) groups excluding carboxylic acids is 3. The molecule has 1 N–H and O–H groups in total. The number of hydrogen-bond acceptors (Lipinski definition) is 7. The van der Waals surface area contributed by atoms with Crippen molar-refractivity contribution in [2.24, 2.45) is 0 Å². The quantitative estimate of drug-likeness (QED) is 0.742. The third kappa shape index (κ3) is 5.27. The van der Waals surface area contributed by atoms with Gasteiger partial charge in [-0.05, 0) is 55.4 Å². The lowest BCUT2D eigenvalue weighted by Crippen LogP contribution is -2.58. The predicted molar refractivity (Wildman–Crippen MR) is 104 cm³/mol. The molecule has 0 aromatic rings. The number of carbonyl (C=O) groups is 3.